The zero-order valence-corrected chi connectivity index (χ0v) is 19.3. The minimum atomic E-state index is -0.341. The third kappa shape index (κ3) is 5.42. The van der Waals surface area contributed by atoms with Gasteiger partial charge in [0.05, 0.1) is 19.3 Å². The van der Waals surface area contributed by atoms with E-state index in [1.807, 2.05) is 24.8 Å². The number of H-pyrrole nitrogens is 1. The van der Waals surface area contributed by atoms with Crippen molar-refractivity contribution in [3.63, 3.8) is 0 Å². The van der Waals surface area contributed by atoms with Crippen molar-refractivity contribution in [2.24, 2.45) is 0 Å². The molecule has 4 rings (SSSR count). The van der Waals surface area contributed by atoms with Crippen molar-refractivity contribution in [1.82, 2.24) is 14.9 Å². The van der Waals surface area contributed by atoms with E-state index in [4.69, 9.17) is 19.4 Å². The van der Waals surface area contributed by atoms with Gasteiger partial charge in [-0.15, -0.1) is 0 Å². The molecule has 1 spiro atoms. The zero-order valence-electron chi connectivity index (χ0n) is 19.3. The average Bonchev–Trinajstić information content (AvgIpc) is 2.79. The Hall–Kier alpha value is -3.20. The van der Waals surface area contributed by atoms with Gasteiger partial charge in [0.2, 0.25) is 5.91 Å². The summed E-state index contributed by atoms with van der Waals surface area (Å²) in [5, 5.41) is 6.89. The number of nitrogens with zero attached hydrogens (tertiary/aromatic N) is 2. The first-order chi connectivity index (χ1) is 15.8. The summed E-state index contributed by atoms with van der Waals surface area (Å²) in [5.74, 6) is 1.02. The first-order valence-electron chi connectivity index (χ1n) is 11.1. The van der Waals surface area contributed by atoms with Gasteiger partial charge in [-0.3, -0.25) is 9.59 Å². The molecule has 0 bridgehead atoms. The number of hydrogen-bond acceptors (Lipinski definition) is 6. The summed E-state index contributed by atoms with van der Waals surface area (Å²) in [4.78, 5) is 41.3. The molecular weight excluding hydrogens is 426 g/mol. The standard InChI is InChI=1S/C23H29N3O4.CH2O2/c1-15-19(16(2)25-22(28)24-15)5-7-21(27)26-11-9-23(10-12-26)20-6-4-18(29-3)14-17(20)8-13-30-23;2-1-3/h4,6,14H,5,7-13H2,1-3H3,(H,24,25,28);1H,(H,2,3). The minimum absolute atomic E-state index is 0.139. The number of carbonyl (C=O) groups is 2. The molecule has 1 saturated heterocycles. The van der Waals surface area contributed by atoms with Crippen LogP contribution in [0.5, 0.6) is 5.75 Å². The predicted octanol–water partition coefficient (Wildman–Crippen LogP) is 2.12. The number of nitrogens with one attached hydrogen (secondary N) is 1. The van der Waals surface area contributed by atoms with Crippen LogP contribution < -0.4 is 10.4 Å². The Labute approximate surface area is 192 Å². The third-order valence-electron chi connectivity index (χ3n) is 6.52. The van der Waals surface area contributed by atoms with Gasteiger partial charge in [0.1, 0.15) is 5.75 Å². The number of aryl methyl sites for hydroxylation is 2. The molecule has 2 aliphatic rings. The number of benzene rings is 1. The molecular formula is C24H31N3O6. The van der Waals surface area contributed by atoms with Crippen LogP contribution in [-0.4, -0.2) is 59.2 Å². The Morgan fingerprint density at radius 3 is 2.67 bits per heavy atom. The van der Waals surface area contributed by atoms with Gasteiger partial charge in [-0.25, -0.2) is 4.79 Å². The number of ether oxygens (including phenoxy) is 2. The Bertz CT molecular complexity index is 1030. The molecule has 2 aliphatic heterocycles. The lowest BCUT2D eigenvalue weighted by atomic mass is 9.79. The molecule has 9 nitrogen and oxygen atoms in total. The van der Waals surface area contributed by atoms with Gasteiger partial charge in [-0.2, -0.15) is 4.98 Å². The van der Waals surface area contributed by atoms with Crippen LogP contribution in [0.1, 0.15) is 47.3 Å². The van der Waals surface area contributed by atoms with E-state index in [0.717, 1.165) is 36.3 Å². The molecule has 1 aromatic carbocycles. The summed E-state index contributed by atoms with van der Waals surface area (Å²) in [7, 11) is 1.69. The fourth-order valence-corrected chi connectivity index (χ4v) is 4.83. The lowest BCUT2D eigenvalue weighted by molar-refractivity contribution is -0.140. The highest BCUT2D eigenvalue weighted by Crippen LogP contribution is 2.42. The number of amides is 1. The van der Waals surface area contributed by atoms with Gasteiger partial charge < -0.3 is 24.5 Å². The third-order valence-corrected chi connectivity index (χ3v) is 6.52. The van der Waals surface area contributed by atoms with Gasteiger partial charge in [0, 0.05) is 30.9 Å². The average molecular weight is 458 g/mol. The van der Waals surface area contributed by atoms with Crippen molar-refractivity contribution in [2.75, 3.05) is 26.8 Å². The quantitative estimate of drug-likeness (QED) is 0.675. The van der Waals surface area contributed by atoms with Gasteiger partial charge >= 0.3 is 5.69 Å². The number of carboxylic acid groups (broad SMARTS) is 1. The predicted molar refractivity (Wildman–Crippen MR) is 121 cm³/mol. The van der Waals surface area contributed by atoms with Gasteiger partial charge in [0.25, 0.3) is 6.47 Å². The molecule has 3 heterocycles. The number of likely N-dealkylation sites (tertiary alicyclic amines) is 1. The molecule has 1 fully saturated rings. The van der Waals surface area contributed by atoms with E-state index in [-0.39, 0.29) is 23.7 Å². The van der Waals surface area contributed by atoms with E-state index < -0.39 is 0 Å². The fourth-order valence-electron chi connectivity index (χ4n) is 4.83. The zero-order chi connectivity index (χ0) is 24.0. The van der Waals surface area contributed by atoms with Crippen molar-refractivity contribution < 1.29 is 24.2 Å². The monoisotopic (exact) mass is 457 g/mol. The molecule has 1 amide bonds. The molecule has 0 saturated carbocycles. The smallest absolute Gasteiger partial charge is 0.345 e. The number of carbonyl (C=O) groups excluding carboxylic acids is 1. The SMILES string of the molecule is COc1ccc2c(c1)CCOC21CCN(C(=O)CCc2c(C)nc(=O)[nH]c2C)CC1.O=CO. The van der Waals surface area contributed by atoms with E-state index in [1.54, 1.807) is 7.11 Å². The number of rotatable bonds is 4. The van der Waals surface area contributed by atoms with E-state index in [9.17, 15) is 9.59 Å². The van der Waals surface area contributed by atoms with Crippen LogP contribution in [0.4, 0.5) is 0 Å². The van der Waals surface area contributed by atoms with Gasteiger partial charge in [-0.05, 0) is 68.4 Å². The van der Waals surface area contributed by atoms with E-state index in [0.29, 0.717) is 38.2 Å². The second-order valence-corrected chi connectivity index (χ2v) is 8.33. The van der Waals surface area contributed by atoms with Crippen molar-refractivity contribution >= 4 is 12.4 Å². The van der Waals surface area contributed by atoms with Crippen molar-refractivity contribution in [3.8, 4) is 5.75 Å². The Kier molecular flexibility index (Phi) is 7.86. The summed E-state index contributed by atoms with van der Waals surface area (Å²) < 4.78 is 11.7. The van der Waals surface area contributed by atoms with Crippen LogP contribution >= 0.6 is 0 Å². The summed E-state index contributed by atoms with van der Waals surface area (Å²) in [6, 6.07) is 6.23. The van der Waals surface area contributed by atoms with Crippen LogP contribution in [0.3, 0.4) is 0 Å². The van der Waals surface area contributed by atoms with E-state index >= 15 is 0 Å². The van der Waals surface area contributed by atoms with Crippen molar-refractivity contribution in [3.05, 3.63) is 56.8 Å². The Morgan fingerprint density at radius 2 is 2.03 bits per heavy atom. The maximum Gasteiger partial charge on any atom is 0.345 e. The number of fused-ring (bicyclic) bond motifs is 2. The molecule has 0 unspecified atom stereocenters. The first-order valence-corrected chi connectivity index (χ1v) is 11.1. The molecule has 0 radical (unpaired) electrons. The highest BCUT2D eigenvalue weighted by Gasteiger charge is 2.41. The number of hydrogen-bond donors (Lipinski definition) is 2. The Balaban J connectivity index is 0.000000968. The normalized spacial score (nSPS) is 16.4. The van der Waals surface area contributed by atoms with Gasteiger partial charge in [0.15, 0.2) is 0 Å². The Morgan fingerprint density at radius 1 is 1.33 bits per heavy atom. The second kappa shape index (κ2) is 10.6. The molecule has 2 aromatic rings. The van der Waals surface area contributed by atoms with Crippen molar-refractivity contribution in [2.45, 2.75) is 51.6 Å². The highest BCUT2D eigenvalue weighted by atomic mass is 16.5. The summed E-state index contributed by atoms with van der Waals surface area (Å²) in [6.07, 6.45) is 3.49. The van der Waals surface area contributed by atoms with Crippen LogP contribution in [0.15, 0.2) is 23.0 Å². The van der Waals surface area contributed by atoms with Crippen molar-refractivity contribution in [1.29, 1.82) is 0 Å². The second-order valence-electron chi connectivity index (χ2n) is 8.33. The summed E-state index contributed by atoms with van der Waals surface area (Å²) in [5.41, 5.74) is 4.34. The molecule has 0 atom stereocenters. The molecule has 0 aliphatic carbocycles. The first kappa shape index (κ1) is 24.4. The van der Waals surface area contributed by atoms with Crippen LogP contribution in [0.2, 0.25) is 0 Å². The van der Waals surface area contributed by atoms with Crippen LogP contribution in [0.25, 0.3) is 0 Å². The number of piperidine rings is 1. The number of aromatic amines is 1. The maximum absolute atomic E-state index is 12.8. The highest BCUT2D eigenvalue weighted by molar-refractivity contribution is 5.76. The van der Waals surface area contributed by atoms with Gasteiger partial charge in [-0.1, -0.05) is 6.07 Å². The van der Waals surface area contributed by atoms with Crippen LogP contribution in [0, 0.1) is 13.8 Å². The molecule has 33 heavy (non-hydrogen) atoms. The number of methoxy groups -OCH3 is 1. The topological polar surface area (TPSA) is 122 Å². The summed E-state index contributed by atoms with van der Waals surface area (Å²) >= 11 is 0. The fraction of sp³-hybridized carbons (Fsp3) is 0.500. The lowest BCUT2D eigenvalue weighted by Gasteiger charge is -2.45. The van der Waals surface area contributed by atoms with E-state index in [2.05, 4.69) is 22.1 Å². The maximum atomic E-state index is 12.8. The number of aromatic nitrogens is 2. The molecule has 9 heteroatoms. The molecule has 178 valence electrons. The molecule has 2 N–H and O–H groups in total. The minimum Gasteiger partial charge on any atom is -0.497 e. The lowest BCUT2D eigenvalue weighted by Crippen LogP contribution is -2.48. The van der Waals surface area contributed by atoms with E-state index in [1.165, 1.54) is 11.1 Å². The summed E-state index contributed by atoms with van der Waals surface area (Å²) in [6.45, 7) is 5.50. The molecule has 1 aromatic heterocycles. The largest absolute Gasteiger partial charge is 0.497 e. The van der Waals surface area contributed by atoms with Crippen LogP contribution in [-0.2, 0) is 32.8 Å².